The van der Waals surface area contributed by atoms with Crippen LogP contribution < -0.4 is 0 Å². The average Bonchev–Trinajstić information content (AvgIpc) is 3.43. The molecule has 0 amide bonds. The average molecular weight is 1090 g/mol. The van der Waals surface area contributed by atoms with Crippen molar-refractivity contribution in [3.05, 3.63) is 48.6 Å². The number of hydrogen-bond donors (Lipinski definition) is 3. The molecule has 0 aliphatic carbocycles. The summed E-state index contributed by atoms with van der Waals surface area (Å²) in [5.74, 6) is -3.12. The molecule has 0 saturated carbocycles. The first-order chi connectivity index (χ1) is 37.6. The Bertz CT molecular complexity index is 1520. The number of esters is 3. The molecule has 12 heteroatoms. The van der Waals surface area contributed by atoms with Crippen molar-refractivity contribution in [3.63, 3.8) is 0 Å². The van der Waals surface area contributed by atoms with Gasteiger partial charge < -0.3 is 39.0 Å². The molecule has 6 atom stereocenters. The van der Waals surface area contributed by atoms with E-state index in [1.807, 2.05) is 0 Å². The van der Waals surface area contributed by atoms with Gasteiger partial charge in [0.15, 0.2) is 24.6 Å². The maximum Gasteiger partial charge on any atom is 0.335 e. The summed E-state index contributed by atoms with van der Waals surface area (Å²) < 4.78 is 28.5. The van der Waals surface area contributed by atoms with Gasteiger partial charge >= 0.3 is 23.9 Å². The van der Waals surface area contributed by atoms with Gasteiger partial charge in [-0.3, -0.25) is 14.4 Å². The van der Waals surface area contributed by atoms with Crippen LogP contribution in [0.1, 0.15) is 290 Å². The lowest BCUT2D eigenvalue weighted by molar-refractivity contribution is -0.301. The summed E-state index contributed by atoms with van der Waals surface area (Å²) in [5.41, 5.74) is 0. The number of carbonyl (C=O) groups is 4. The highest BCUT2D eigenvalue weighted by molar-refractivity contribution is 5.74. The standard InChI is InChI=1S/C65H114O12/c1-4-7-10-13-16-19-22-25-28-29-32-33-36-39-42-45-48-51-57(66)73-54-56(75-58(67)52-49-46-43-40-37-34-30-26-23-20-17-14-11-8-5-2)55-74-65-63(61(70)60(69)62(77-65)64(71)72)76-59(68)53-50-47-44-41-38-35-31-27-24-21-18-15-12-9-6-3/h8,11,17,20,25-26,28,30,56,60-63,65,69-70H,4-7,9-10,12-16,18-19,21-24,27,29,31-55H2,1-3H3,(H,71,72)/b11-8-,20-17-,28-25-,30-26-. The smallest absolute Gasteiger partial charge is 0.335 e. The third-order valence-electron chi connectivity index (χ3n) is 14.4. The Kier molecular flexibility index (Phi) is 49.7. The fourth-order valence-corrected chi connectivity index (χ4v) is 9.56. The third kappa shape index (κ3) is 43.2. The minimum atomic E-state index is -1.90. The van der Waals surface area contributed by atoms with E-state index in [4.69, 9.17) is 23.7 Å². The molecule has 0 radical (unpaired) electrons. The first kappa shape index (κ1) is 71.7. The van der Waals surface area contributed by atoms with Gasteiger partial charge in [0.25, 0.3) is 0 Å². The molecule has 1 rings (SSSR count). The highest BCUT2D eigenvalue weighted by Crippen LogP contribution is 2.27. The number of allylic oxidation sites excluding steroid dienone is 8. The van der Waals surface area contributed by atoms with Crippen molar-refractivity contribution in [1.82, 2.24) is 0 Å². The number of carbonyl (C=O) groups excluding carboxylic acids is 3. The van der Waals surface area contributed by atoms with E-state index in [0.29, 0.717) is 19.3 Å². The van der Waals surface area contributed by atoms with Crippen LogP contribution in [0.15, 0.2) is 48.6 Å². The van der Waals surface area contributed by atoms with E-state index in [1.165, 1.54) is 128 Å². The lowest BCUT2D eigenvalue weighted by atomic mass is 9.98. The molecule has 0 aromatic heterocycles. The van der Waals surface area contributed by atoms with E-state index >= 15 is 0 Å². The van der Waals surface area contributed by atoms with Gasteiger partial charge in [0.2, 0.25) is 0 Å². The monoisotopic (exact) mass is 1090 g/mol. The molecule has 1 heterocycles. The molecule has 77 heavy (non-hydrogen) atoms. The number of carboxylic acids is 1. The maximum atomic E-state index is 13.2. The maximum absolute atomic E-state index is 13.2. The zero-order chi connectivity index (χ0) is 56.1. The van der Waals surface area contributed by atoms with Crippen molar-refractivity contribution in [2.45, 2.75) is 327 Å². The van der Waals surface area contributed by atoms with Crippen LogP contribution >= 0.6 is 0 Å². The van der Waals surface area contributed by atoms with Gasteiger partial charge in [-0.2, -0.15) is 0 Å². The van der Waals surface area contributed by atoms with E-state index < -0.39 is 67.3 Å². The Balaban J connectivity index is 2.67. The number of carboxylic acid groups (broad SMARTS) is 1. The Morgan fingerprint density at radius 2 is 0.818 bits per heavy atom. The molecule has 1 aliphatic heterocycles. The molecule has 0 spiro atoms. The first-order valence-corrected chi connectivity index (χ1v) is 31.6. The van der Waals surface area contributed by atoms with Gasteiger partial charge in [0, 0.05) is 19.3 Å². The largest absolute Gasteiger partial charge is 0.479 e. The SMILES string of the molecule is CC/C=C\C/C=C\C/C=C\CCCCCCCC(=O)OC(COC(=O)CCCCCCCCC/C=C\CCCCCCCC)COC1OC(C(=O)O)C(O)C(O)C1OC(=O)CCCCCCCCCCCCCCCCC. The molecule has 0 aromatic carbocycles. The van der Waals surface area contributed by atoms with Gasteiger partial charge in [-0.15, -0.1) is 0 Å². The summed E-state index contributed by atoms with van der Waals surface area (Å²) in [5, 5.41) is 31.5. The van der Waals surface area contributed by atoms with Crippen LogP contribution in [0.2, 0.25) is 0 Å². The van der Waals surface area contributed by atoms with Crippen LogP contribution in [0.4, 0.5) is 0 Å². The molecule has 0 aromatic rings. The van der Waals surface area contributed by atoms with E-state index in [9.17, 15) is 34.5 Å². The van der Waals surface area contributed by atoms with Crippen LogP contribution in [0, 0.1) is 0 Å². The van der Waals surface area contributed by atoms with Gasteiger partial charge in [-0.1, -0.05) is 243 Å². The molecule has 12 nitrogen and oxygen atoms in total. The number of hydrogen-bond acceptors (Lipinski definition) is 11. The number of aliphatic hydroxyl groups excluding tert-OH is 2. The fourth-order valence-electron chi connectivity index (χ4n) is 9.56. The molecule has 0 bridgehead atoms. The second kappa shape index (κ2) is 53.3. The minimum Gasteiger partial charge on any atom is -0.479 e. The molecule has 446 valence electrons. The summed E-state index contributed by atoms with van der Waals surface area (Å²) in [7, 11) is 0. The first-order valence-electron chi connectivity index (χ1n) is 31.6. The third-order valence-corrected chi connectivity index (χ3v) is 14.4. The second-order valence-electron chi connectivity index (χ2n) is 21.7. The number of aliphatic carboxylic acids is 1. The van der Waals surface area contributed by atoms with Crippen molar-refractivity contribution in [2.75, 3.05) is 13.2 Å². The summed E-state index contributed by atoms with van der Waals surface area (Å²) >= 11 is 0. The Labute approximate surface area is 469 Å². The fraction of sp³-hybridized carbons (Fsp3) is 0.815. The van der Waals surface area contributed by atoms with Gasteiger partial charge in [-0.05, 0) is 77.0 Å². The van der Waals surface area contributed by atoms with E-state index in [0.717, 1.165) is 103 Å². The van der Waals surface area contributed by atoms with Crippen LogP contribution in [0.3, 0.4) is 0 Å². The molecular weight excluding hydrogens is 973 g/mol. The van der Waals surface area contributed by atoms with E-state index in [1.54, 1.807) is 0 Å². The van der Waals surface area contributed by atoms with Crippen molar-refractivity contribution in [2.24, 2.45) is 0 Å². The second-order valence-corrected chi connectivity index (χ2v) is 21.7. The van der Waals surface area contributed by atoms with Crippen molar-refractivity contribution in [3.8, 4) is 0 Å². The van der Waals surface area contributed by atoms with Crippen molar-refractivity contribution >= 4 is 23.9 Å². The summed E-state index contributed by atoms with van der Waals surface area (Å²) in [6.07, 6.45) is 52.1. The van der Waals surface area contributed by atoms with Crippen LogP contribution in [0.5, 0.6) is 0 Å². The van der Waals surface area contributed by atoms with Crippen LogP contribution in [0.25, 0.3) is 0 Å². The quantitative estimate of drug-likeness (QED) is 0.0228. The van der Waals surface area contributed by atoms with Gasteiger partial charge in [0.1, 0.15) is 18.8 Å². The number of aliphatic hydroxyl groups is 2. The Morgan fingerprint density at radius 3 is 1.26 bits per heavy atom. The van der Waals surface area contributed by atoms with Crippen LogP contribution in [-0.4, -0.2) is 89.2 Å². The highest BCUT2D eigenvalue weighted by Gasteiger charge is 2.50. The Morgan fingerprint density at radius 1 is 0.442 bits per heavy atom. The molecular formula is C65H114O12. The van der Waals surface area contributed by atoms with Gasteiger partial charge in [-0.25, -0.2) is 4.79 Å². The summed E-state index contributed by atoms with van der Waals surface area (Å²) in [4.78, 5) is 51.2. The van der Waals surface area contributed by atoms with E-state index in [2.05, 4.69) is 69.4 Å². The molecule has 3 N–H and O–H groups in total. The minimum absolute atomic E-state index is 0.0621. The predicted octanol–water partition coefficient (Wildman–Crippen LogP) is 16.6. The molecule has 1 aliphatic rings. The van der Waals surface area contributed by atoms with Crippen molar-refractivity contribution in [1.29, 1.82) is 0 Å². The number of rotatable bonds is 54. The zero-order valence-corrected chi connectivity index (χ0v) is 49.2. The lowest BCUT2D eigenvalue weighted by Crippen LogP contribution is -2.61. The summed E-state index contributed by atoms with van der Waals surface area (Å²) in [6.45, 7) is 5.89. The molecule has 1 fully saturated rings. The highest BCUT2D eigenvalue weighted by atomic mass is 16.7. The molecule has 6 unspecified atom stereocenters. The number of ether oxygens (including phenoxy) is 5. The normalized spacial score (nSPS) is 18.3. The van der Waals surface area contributed by atoms with Crippen LogP contribution in [-0.2, 0) is 42.9 Å². The van der Waals surface area contributed by atoms with Gasteiger partial charge in [0.05, 0.1) is 6.61 Å². The lowest BCUT2D eigenvalue weighted by Gasteiger charge is -2.40. The number of unbranched alkanes of at least 4 members (excludes halogenated alkanes) is 32. The predicted molar refractivity (Wildman–Crippen MR) is 312 cm³/mol. The summed E-state index contributed by atoms with van der Waals surface area (Å²) in [6, 6.07) is 0. The molecule has 1 saturated heterocycles. The van der Waals surface area contributed by atoms with E-state index in [-0.39, 0.29) is 25.9 Å². The Hall–Kier alpha value is -3.32. The zero-order valence-electron chi connectivity index (χ0n) is 49.2. The topological polar surface area (TPSA) is 175 Å². The van der Waals surface area contributed by atoms with Crippen molar-refractivity contribution < 1.29 is 58.2 Å².